The molecular weight excluding hydrogens is 421 g/mol. The van der Waals surface area contributed by atoms with E-state index in [-0.39, 0.29) is 47.7 Å². The largest absolute Gasteiger partial charge is 0.527 e. The van der Waals surface area contributed by atoms with E-state index in [2.05, 4.69) is 15.0 Å². The number of aromatic nitrogens is 4. The Hall–Kier alpha value is -2.23. The highest BCUT2D eigenvalue weighted by molar-refractivity contribution is 7.47. The van der Waals surface area contributed by atoms with Crippen LogP contribution in [0, 0.1) is 11.8 Å². The molecule has 1 saturated carbocycles. The first-order valence-electron chi connectivity index (χ1n) is 8.85. The number of rotatable bonds is 7. The van der Waals surface area contributed by atoms with E-state index in [9.17, 15) is 14.6 Å². The van der Waals surface area contributed by atoms with Gasteiger partial charge in [0.2, 0.25) is 0 Å². The molecule has 0 spiro atoms. The first-order chi connectivity index (χ1) is 13.9. The number of fused-ring (bicyclic) bond motifs is 1. The zero-order chi connectivity index (χ0) is 20.6. The Bertz CT molecular complexity index is 1080. The number of phosphoric ester groups is 1. The highest BCUT2D eigenvalue weighted by Gasteiger charge is 2.44. The smallest absolute Gasteiger partial charge is 0.403 e. The lowest BCUT2D eigenvalue weighted by molar-refractivity contribution is -0.00488. The van der Waals surface area contributed by atoms with Gasteiger partial charge in [-0.2, -0.15) is 0 Å². The Morgan fingerprint density at radius 2 is 2.10 bits per heavy atom. The van der Waals surface area contributed by atoms with Gasteiger partial charge in [-0.3, -0.25) is 9.42 Å². The van der Waals surface area contributed by atoms with Crippen molar-refractivity contribution in [1.29, 1.82) is 0 Å². The van der Waals surface area contributed by atoms with Crippen molar-refractivity contribution < 1.29 is 23.6 Å². The van der Waals surface area contributed by atoms with Crippen LogP contribution in [-0.4, -0.2) is 42.7 Å². The highest BCUT2D eigenvalue weighted by Crippen LogP contribution is 2.50. The molecule has 4 rings (SSSR count). The van der Waals surface area contributed by atoms with Crippen molar-refractivity contribution >= 4 is 36.4 Å². The number of hydrogen-bond acceptors (Lipinski definition) is 8. The normalized spacial score (nSPS) is 23.5. The molecule has 1 aliphatic rings. The SMILES string of the molecule is Nc1ncnc2c1ncn2[C@@H]1C[C@H](COP(=O)(O)Oc2ccccc2Cl)[C@@H]1CO. The number of nitrogens with zero attached hydrogens (tertiary/aromatic N) is 4. The van der Waals surface area contributed by atoms with E-state index in [1.54, 1.807) is 24.5 Å². The van der Waals surface area contributed by atoms with Crippen molar-refractivity contribution in [2.75, 3.05) is 18.9 Å². The molecule has 2 aromatic heterocycles. The summed E-state index contributed by atoms with van der Waals surface area (Å²) < 4.78 is 24.3. The molecule has 0 aliphatic heterocycles. The molecule has 4 atom stereocenters. The number of halogens is 1. The number of aliphatic hydroxyl groups excluding tert-OH is 1. The molecule has 12 heteroatoms. The average molecular weight is 440 g/mol. The van der Waals surface area contributed by atoms with Crippen LogP contribution in [-0.2, 0) is 9.09 Å². The standard InChI is InChI=1S/C17H19ClN5O5P/c18-12-3-1-2-4-14(12)28-29(25,26)27-7-10-5-13(11(10)6-24)23-9-22-15-16(19)20-8-21-17(15)23/h1-4,8-11,13,24H,5-7H2,(H,25,26)(H2,19,20,21)/t10-,11+,13-/m1/s1. The summed E-state index contributed by atoms with van der Waals surface area (Å²) in [6, 6.07) is 6.24. The number of phosphoric acid groups is 1. The van der Waals surface area contributed by atoms with Crippen molar-refractivity contribution in [3.8, 4) is 5.75 Å². The molecule has 10 nitrogen and oxygen atoms in total. The first kappa shape index (κ1) is 20.1. The average Bonchev–Trinajstić information content (AvgIpc) is 3.08. The molecule has 4 N–H and O–H groups in total. The lowest BCUT2D eigenvalue weighted by Crippen LogP contribution is -2.42. The minimum atomic E-state index is -4.36. The van der Waals surface area contributed by atoms with Gasteiger partial charge in [-0.25, -0.2) is 19.5 Å². The van der Waals surface area contributed by atoms with E-state index in [0.29, 0.717) is 17.6 Å². The number of hydrogen-bond donors (Lipinski definition) is 3. The molecule has 1 unspecified atom stereocenters. The van der Waals surface area contributed by atoms with Gasteiger partial charge >= 0.3 is 7.82 Å². The summed E-state index contributed by atoms with van der Waals surface area (Å²) in [4.78, 5) is 22.4. The number of para-hydroxylation sites is 1. The van der Waals surface area contributed by atoms with E-state index in [1.807, 2.05) is 4.57 Å². The summed E-state index contributed by atoms with van der Waals surface area (Å²) in [6.45, 7) is -0.177. The maximum Gasteiger partial charge on any atom is 0.527 e. The quantitative estimate of drug-likeness (QED) is 0.472. The molecular formula is C17H19ClN5O5P. The van der Waals surface area contributed by atoms with Crippen LogP contribution in [0.25, 0.3) is 11.2 Å². The van der Waals surface area contributed by atoms with Gasteiger partial charge in [0.1, 0.15) is 17.6 Å². The van der Waals surface area contributed by atoms with Crippen LogP contribution in [0.2, 0.25) is 5.02 Å². The van der Waals surface area contributed by atoms with E-state index in [1.165, 1.54) is 12.4 Å². The number of nitrogen functional groups attached to an aromatic ring is 1. The number of benzene rings is 1. The molecule has 2 heterocycles. The first-order valence-corrected chi connectivity index (χ1v) is 10.7. The van der Waals surface area contributed by atoms with Gasteiger partial charge in [0, 0.05) is 18.6 Å². The van der Waals surface area contributed by atoms with Gasteiger partial charge < -0.3 is 19.9 Å². The lowest BCUT2D eigenvalue weighted by atomic mass is 9.70. The predicted octanol–water partition coefficient (Wildman–Crippen LogP) is 2.43. The fourth-order valence-electron chi connectivity index (χ4n) is 3.53. The Balaban J connectivity index is 1.41. The Kier molecular flexibility index (Phi) is 5.46. The third kappa shape index (κ3) is 3.94. The molecule has 3 aromatic rings. The van der Waals surface area contributed by atoms with Gasteiger partial charge in [0.25, 0.3) is 0 Å². The fraction of sp³-hybridized carbons (Fsp3) is 0.353. The molecule has 0 bridgehead atoms. The third-order valence-electron chi connectivity index (χ3n) is 5.10. The van der Waals surface area contributed by atoms with Gasteiger partial charge in [-0.1, -0.05) is 23.7 Å². The Morgan fingerprint density at radius 3 is 2.86 bits per heavy atom. The summed E-state index contributed by atoms with van der Waals surface area (Å²) in [6.07, 6.45) is 3.57. The third-order valence-corrected chi connectivity index (χ3v) is 6.32. The molecule has 1 fully saturated rings. The summed E-state index contributed by atoms with van der Waals surface area (Å²) in [5.41, 5.74) is 6.89. The van der Waals surface area contributed by atoms with E-state index < -0.39 is 7.82 Å². The Morgan fingerprint density at radius 1 is 1.31 bits per heavy atom. The monoisotopic (exact) mass is 439 g/mol. The fourth-order valence-corrected chi connectivity index (χ4v) is 4.60. The molecule has 1 aliphatic carbocycles. The van der Waals surface area contributed by atoms with E-state index in [0.717, 1.165) is 0 Å². The number of aliphatic hydroxyl groups is 1. The summed E-state index contributed by atoms with van der Waals surface area (Å²) in [7, 11) is -4.36. The van der Waals surface area contributed by atoms with E-state index in [4.69, 9.17) is 26.4 Å². The van der Waals surface area contributed by atoms with Gasteiger partial charge in [0.15, 0.2) is 11.5 Å². The van der Waals surface area contributed by atoms with Crippen LogP contribution in [0.1, 0.15) is 12.5 Å². The van der Waals surface area contributed by atoms with Crippen LogP contribution in [0.4, 0.5) is 5.82 Å². The summed E-state index contributed by atoms with van der Waals surface area (Å²) in [5.74, 6) is -0.000319. The van der Waals surface area contributed by atoms with Crippen LogP contribution in [0.5, 0.6) is 5.75 Å². The van der Waals surface area contributed by atoms with Crippen molar-refractivity contribution in [1.82, 2.24) is 19.5 Å². The van der Waals surface area contributed by atoms with Crippen molar-refractivity contribution in [3.63, 3.8) is 0 Å². The number of anilines is 1. The van der Waals surface area contributed by atoms with Crippen molar-refractivity contribution in [3.05, 3.63) is 41.9 Å². The second-order valence-corrected chi connectivity index (χ2v) is 8.56. The molecule has 0 radical (unpaired) electrons. The molecule has 0 amide bonds. The van der Waals surface area contributed by atoms with Crippen LogP contribution >= 0.6 is 19.4 Å². The minimum Gasteiger partial charge on any atom is -0.403 e. The maximum atomic E-state index is 12.2. The highest BCUT2D eigenvalue weighted by atomic mass is 35.5. The zero-order valence-electron chi connectivity index (χ0n) is 15.1. The second kappa shape index (κ2) is 7.89. The molecule has 1 aromatic carbocycles. The summed E-state index contributed by atoms with van der Waals surface area (Å²) >= 11 is 5.94. The molecule has 29 heavy (non-hydrogen) atoms. The number of imidazole rings is 1. The van der Waals surface area contributed by atoms with Crippen LogP contribution < -0.4 is 10.3 Å². The van der Waals surface area contributed by atoms with Gasteiger partial charge in [0.05, 0.1) is 18.0 Å². The summed E-state index contributed by atoms with van der Waals surface area (Å²) in [5, 5.41) is 10.0. The molecule has 154 valence electrons. The predicted molar refractivity (Wildman–Crippen MR) is 105 cm³/mol. The van der Waals surface area contributed by atoms with Crippen LogP contribution in [0.3, 0.4) is 0 Å². The maximum absolute atomic E-state index is 12.2. The number of nitrogens with two attached hydrogens (primary N) is 1. The Labute approximate surface area is 170 Å². The lowest BCUT2D eigenvalue weighted by Gasteiger charge is -2.44. The minimum absolute atomic E-state index is 0.0519. The van der Waals surface area contributed by atoms with Gasteiger partial charge in [-0.15, -0.1) is 0 Å². The van der Waals surface area contributed by atoms with E-state index >= 15 is 0 Å². The van der Waals surface area contributed by atoms with Crippen molar-refractivity contribution in [2.24, 2.45) is 11.8 Å². The van der Waals surface area contributed by atoms with Crippen molar-refractivity contribution in [2.45, 2.75) is 12.5 Å². The second-order valence-electron chi connectivity index (χ2n) is 6.78. The van der Waals surface area contributed by atoms with Crippen LogP contribution in [0.15, 0.2) is 36.9 Å². The topological polar surface area (TPSA) is 146 Å². The van der Waals surface area contributed by atoms with Gasteiger partial charge in [-0.05, 0) is 24.5 Å². The zero-order valence-corrected chi connectivity index (χ0v) is 16.8. The molecule has 0 saturated heterocycles.